The van der Waals surface area contributed by atoms with Crippen molar-refractivity contribution in [3.63, 3.8) is 0 Å². The van der Waals surface area contributed by atoms with Crippen molar-refractivity contribution >= 4 is 0 Å². The molecule has 0 spiro atoms. The van der Waals surface area contributed by atoms with E-state index in [0.717, 1.165) is 37.9 Å². The second-order valence-corrected chi connectivity index (χ2v) is 5.36. The predicted octanol–water partition coefficient (Wildman–Crippen LogP) is 0.709. The molecule has 1 saturated carbocycles. The minimum Gasteiger partial charge on any atom is -0.388 e. The molecule has 2 rings (SSSR count). The summed E-state index contributed by atoms with van der Waals surface area (Å²) in [6.45, 7) is 2.72. The average Bonchev–Trinajstić information content (AvgIpc) is 2.82. The Hall–Kier alpha value is -0.980. The Kier molecular flexibility index (Phi) is 5.30. The van der Waals surface area contributed by atoms with Gasteiger partial charge >= 0.3 is 0 Å². The minimum absolute atomic E-state index is 0.554. The minimum atomic E-state index is -0.591. The highest BCUT2D eigenvalue weighted by Crippen LogP contribution is 2.29. The number of aromatic nitrogens is 3. The zero-order valence-corrected chi connectivity index (χ0v) is 11.6. The maximum Gasteiger partial charge on any atom is 0.0964 e. The fraction of sp³-hybridized carbons (Fsp3) is 0.846. The number of aliphatic hydroxyl groups is 1. The van der Waals surface area contributed by atoms with Gasteiger partial charge in [0, 0.05) is 26.4 Å². The van der Waals surface area contributed by atoms with Crippen LogP contribution in [-0.2, 0) is 17.8 Å². The lowest BCUT2D eigenvalue weighted by Crippen LogP contribution is -2.36. The maximum absolute atomic E-state index is 10.5. The molecule has 19 heavy (non-hydrogen) atoms. The lowest BCUT2D eigenvalue weighted by atomic mass is 9.85. The standard InChI is InChI=1S/C13H24N4O2/c1-19-8-7-14-9-12-10-17(16-15-12)11-13(18)5-3-2-4-6-13/h10,14,18H,2-9,11H2,1H3. The molecule has 0 amide bonds. The van der Waals surface area contributed by atoms with Gasteiger partial charge in [-0.25, -0.2) is 4.68 Å². The number of methoxy groups -OCH3 is 1. The van der Waals surface area contributed by atoms with Crippen molar-refractivity contribution in [2.75, 3.05) is 20.3 Å². The molecule has 2 N–H and O–H groups in total. The summed E-state index contributed by atoms with van der Waals surface area (Å²) in [7, 11) is 1.68. The molecule has 1 heterocycles. The molecule has 0 unspecified atom stereocenters. The normalized spacial score (nSPS) is 18.6. The first-order chi connectivity index (χ1) is 9.22. The van der Waals surface area contributed by atoms with Crippen LogP contribution in [0.4, 0.5) is 0 Å². The number of ether oxygens (including phenoxy) is 1. The van der Waals surface area contributed by atoms with Gasteiger partial charge in [-0.3, -0.25) is 0 Å². The molecule has 1 aromatic heterocycles. The predicted molar refractivity (Wildman–Crippen MR) is 71.6 cm³/mol. The smallest absolute Gasteiger partial charge is 0.0964 e. The fourth-order valence-corrected chi connectivity index (χ4v) is 2.56. The number of nitrogens with one attached hydrogen (secondary N) is 1. The summed E-state index contributed by atoms with van der Waals surface area (Å²) in [6.07, 6.45) is 7.09. The summed E-state index contributed by atoms with van der Waals surface area (Å²) < 4.78 is 6.72. The zero-order valence-electron chi connectivity index (χ0n) is 11.6. The third-order valence-corrected chi connectivity index (χ3v) is 3.62. The molecule has 1 aliphatic rings. The highest BCUT2D eigenvalue weighted by atomic mass is 16.5. The molecule has 0 saturated heterocycles. The Bertz CT molecular complexity index is 374. The van der Waals surface area contributed by atoms with Crippen LogP contribution < -0.4 is 5.32 Å². The van der Waals surface area contributed by atoms with E-state index >= 15 is 0 Å². The van der Waals surface area contributed by atoms with Gasteiger partial charge in [0.15, 0.2) is 0 Å². The number of hydrogen-bond donors (Lipinski definition) is 2. The Balaban J connectivity index is 1.79. The molecule has 1 aromatic rings. The van der Waals surface area contributed by atoms with Gasteiger partial charge in [0.05, 0.1) is 24.4 Å². The Morgan fingerprint density at radius 2 is 2.21 bits per heavy atom. The van der Waals surface area contributed by atoms with Gasteiger partial charge in [-0.1, -0.05) is 24.5 Å². The van der Waals surface area contributed by atoms with Gasteiger partial charge in [-0.2, -0.15) is 0 Å². The van der Waals surface area contributed by atoms with Crippen molar-refractivity contribution in [2.24, 2.45) is 0 Å². The van der Waals surface area contributed by atoms with Crippen LogP contribution in [0.2, 0.25) is 0 Å². The summed E-state index contributed by atoms with van der Waals surface area (Å²) in [6, 6.07) is 0. The molecule has 108 valence electrons. The van der Waals surface area contributed by atoms with E-state index in [2.05, 4.69) is 15.6 Å². The van der Waals surface area contributed by atoms with Crippen LogP contribution in [0.15, 0.2) is 6.20 Å². The second kappa shape index (κ2) is 6.98. The van der Waals surface area contributed by atoms with E-state index in [-0.39, 0.29) is 0 Å². The van der Waals surface area contributed by atoms with Gasteiger partial charge in [0.1, 0.15) is 0 Å². The molecular formula is C13H24N4O2. The van der Waals surface area contributed by atoms with E-state index in [4.69, 9.17) is 4.74 Å². The van der Waals surface area contributed by atoms with E-state index in [9.17, 15) is 5.11 Å². The molecule has 1 aliphatic carbocycles. The van der Waals surface area contributed by atoms with Crippen LogP contribution in [0, 0.1) is 0 Å². The van der Waals surface area contributed by atoms with Crippen LogP contribution >= 0.6 is 0 Å². The van der Waals surface area contributed by atoms with Crippen LogP contribution in [0.3, 0.4) is 0 Å². The molecule has 6 heteroatoms. The molecule has 0 atom stereocenters. The topological polar surface area (TPSA) is 72.2 Å². The highest BCUT2D eigenvalue weighted by Gasteiger charge is 2.29. The van der Waals surface area contributed by atoms with E-state index in [1.807, 2.05) is 6.20 Å². The van der Waals surface area contributed by atoms with Crippen LogP contribution in [0.5, 0.6) is 0 Å². The Morgan fingerprint density at radius 3 is 2.95 bits per heavy atom. The molecular weight excluding hydrogens is 244 g/mol. The second-order valence-electron chi connectivity index (χ2n) is 5.36. The quantitative estimate of drug-likeness (QED) is 0.713. The van der Waals surface area contributed by atoms with Crippen molar-refractivity contribution < 1.29 is 9.84 Å². The van der Waals surface area contributed by atoms with Gasteiger partial charge < -0.3 is 15.2 Å². The number of rotatable bonds is 7. The summed E-state index contributed by atoms with van der Waals surface area (Å²) >= 11 is 0. The van der Waals surface area contributed by atoms with Crippen LogP contribution in [0.25, 0.3) is 0 Å². The van der Waals surface area contributed by atoms with Crippen molar-refractivity contribution in [2.45, 2.75) is 50.8 Å². The zero-order chi connectivity index (χ0) is 13.6. The first kappa shape index (κ1) is 14.4. The SMILES string of the molecule is COCCNCc1cn(CC2(O)CCCCC2)nn1. The third kappa shape index (κ3) is 4.56. The summed E-state index contributed by atoms with van der Waals surface area (Å²) in [4.78, 5) is 0. The lowest BCUT2D eigenvalue weighted by molar-refractivity contribution is -0.0146. The monoisotopic (exact) mass is 268 g/mol. The van der Waals surface area contributed by atoms with Crippen molar-refractivity contribution in [1.82, 2.24) is 20.3 Å². The molecule has 0 aliphatic heterocycles. The van der Waals surface area contributed by atoms with Crippen LogP contribution in [0.1, 0.15) is 37.8 Å². The van der Waals surface area contributed by atoms with Crippen molar-refractivity contribution in [3.8, 4) is 0 Å². The molecule has 1 fully saturated rings. The summed E-state index contributed by atoms with van der Waals surface area (Å²) in [5, 5.41) is 21.9. The Labute approximate surface area is 114 Å². The van der Waals surface area contributed by atoms with E-state index < -0.39 is 5.60 Å². The molecule has 0 radical (unpaired) electrons. The van der Waals surface area contributed by atoms with E-state index in [1.54, 1.807) is 11.8 Å². The first-order valence-corrected chi connectivity index (χ1v) is 7.03. The average molecular weight is 268 g/mol. The largest absolute Gasteiger partial charge is 0.388 e. The number of nitrogens with zero attached hydrogens (tertiary/aromatic N) is 3. The first-order valence-electron chi connectivity index (χ1n) is 7.03. The van der Waals surface area contributed by atoms with Crippen molar-refractivity contribution in [1.29, 1.82) is 0 Å². The van der Waals surface area contributed by atoms with Gasteiger partial charge in [0.2, 0.25) is 0 Å². The Morgan fingerprint density at radius 1 is 1.42 bits per heavy atom. The van der Waals surface area contributed by atoms with Gasteiger partial charge in [0.25, 0.3) is 0 Å². The van der Waals surface area contributed by atoms with E-state index in [0.29, 0.717) is 19.7 Å². The van der Waals surface area contributed by atoms with Gasteiger partial charge in [-0.05, 0) is 12.8 Å². The molecule has 0 aromatic carbocycles. The summed E-state index contributed by atoms with van der Waals surface area (Å²) in [5.74, 6) is 0. The summed E-state index contributed by atoms with van der Waals surface area (Å²) in [5.41, 5.74) is 0.308. The number of hydrogen-bond acceptors (Lipinski definition) is 5. The molecule has 6 nitrogen and oxygen atoms in total. The third-order valence-electron chi connectivity index (χ3n) is 3.62. The fourth-order valence-electron chi connectivity index (χ4n) is 2.56. The lowest BCUT2D eigenvalue weighted by Gasteiger charge is -2.31. The van der Waals surface area contributed by atoms with Crippen LogP contribution in [-0.4, -0.2) is 46.0 Å². The van der Waals surface area contributed by atoms with E-state index in [1.165, 1.54) is 6.42 Å². The van der Waals surface area contributed by atoms with Crippen molar-refractivity contribution in [3.05, 3.63) is 11.9 Å². The maximum atomic E-state index is 10.5. The highest BCUT2D eigenvalue weighted by molar-refractivity contribution is 4.93. The van der Waals surface area contributed by atoms with Gasteiger partial charge in [-0.15, -0.1) is 5.10 Å². The molecule has 0 bridgehead atoms.